The molecule has 4 aliphatic rings. The second-order valence-corrected chi connectivity index (χ2v) is 13.7. The van der Waals surface area contributed by atoms with Crippen LogP contribution in [0.1, 0.15) is 92.9 Å². The van der Waals surface area contributed by atoms with Crippen LogP contribution in [0.15, 0.2) is 0 Å². The van der Waals surface area contributed by atoms with Crippen molar-refractivity contribution in [1.82, 2.24) is 0 Å². The average molecular weight is 495 g/mol. The second kappa shape index (κ2) is 9.34. The second-order valence-electron chi connectivity index (χ2n) is 13.7. The van der Waals surface area contributed by atoms with Gasteiger partial charge in [-0.3, -0.25) is 4.79 Å². The molecule has 0 bridgehead atoms. The van der Waals surface area contributed by atoms with E-state index in [0.717, 1.165) is 32.1 Å². The van der Waals surface area contributed by atoms with Crippen LogP contribution in [0.2, 0.25) is 0 Å². The van der Waals surface area contributed by atoms with Gasteiger partial charge in [0, 0.05) is 18.3 Å². The minimum absolute atomic E-state index is 0.0281. The fourth-order valence-electron chi connectivity index (χ4n) is 9.86. The van der Waals surface area contributed by atoms with Gasteiger partial charge in [0.2, 0.25) is 0 Å². The molecule has 0 aromatic rings. The molecule has 0 aromatic heterocycles. The number of carbonyl (C=O) groups excluding carboxylic acids is 1. The molecule has 5 N–H and O–H groups in total. The fourth-order valence-corrected chi connectivity index (χ4v) is 9.86. The zero-order chi connectivity index (χ0) is 26.1. The quantitative estimate of drug-likeness (QED) is 0.387. The van der Waals surface area contributed by atoms with Crippen LogP contribution in [0.3, 0.4) is 0 Å². The molecular formula is C29H50O6. The molecular weight excluding hydrogens is 444 g/mol. The first-order chi connectivity index (χ1) is 16.2. The first-order valence-electron chi connectivity index (χ1n) is 14.2. The van der Waals surface area contributed by atoms with Gasteiger partial charge in [-0.05, 0) is 78.9 Å². The predicted octanol–water partition coefficient (Wildman–Crippen LogP) is 3.31. The molecule has 0 amide bonds. The van der Waals surface area contributed by atoms with E-state index >= 15 is 0 Å². The van der Waals surface area contributed by atoms with E-state index in [9.17, 15) is 30.3 Å². The number of aliphatic hydroxyl groups is 5. The summed E-state index contributed by atoms with van der Waals surface area (Å²) in [4.78, 5) is 13.4. The van der Waals surface area contributed by atoms with E-state index < -0.39 is 35.4 Å². The summed E-state index contributed by atoms with van der Waals surface area (Å²) < 4.78 is 0. The van der Waals surface area contributed by atoms with Crippen LogP contribution in [0, 0.1) is 52.3 Å². The average Bonchev–Trinajstić information content (AvgIpc) is 3.13. The standard InChI is InChI=1S/C29H50O6/c1-7-17(15(2)3)26(34)25(33)16(4)19-8-9-20-18-12-24(32)29(35)14-23(31)22(30)13-28(29,6)21(18)10-11-27(19,20)5/h15-23,25-26,30-31,33-35H,7-14H2,1-6H3/t16-,17-,18?,19+,20?,21?,22-,23-,25+,26+,27+,28+,29-/m0/s1. The molecule has 4 fully saturated rings. The van der Waals surface area contributed by atoms with Gasteiger partial charge in [0.05, 0.1) is 24.4 Å². The molecule has 6 heteroatoms. The summed E-state index contributed by atoms with van der Waals surface area (Å²) in [6.07, 6.45) is 1.64. The van der Waals surface area contributed by atoms with Crippen LogP contribution in [-0.4, -0.2) is 61.3 Å². The molecule has 202 valence electrons. The molecule has 0 spiro atoms. The minimum Gasteiger partial charge on any atom is -0.390 e. The van der Waals surface area contributed by atoms with Gasteiger partial charge in [0.1, 0.15) is 5.60 Å². The fraction of sp³-hybridized carbons (Fsp3) is 0.966. The maximum absolute atomic E-state index is 13.4. The van der Waals surface area contributed by atoms with Gasteiger partial charge >= 0.3 is 0 Å². The Labute approximate surface area is 211 Å². The molecule has 0 saturated heterocycles. The summed E-state index contributed by atoms with van der Waals surface area (Å²) >= 11 is 0. The largest absolute Gasteiger partial charge is 0.390 e. The van der Waals surface area contributed by atoms with Crippen molar-refractivity contribution in [3.05, 3.63) is 0 Å². The highest BCUT2D eigenvalue weighted by Crippen LogP contribution is 2.68. The van der Waals surface area contributed by atoms with Gasteiger partial charge < -0.3 is 25.5 Å². The summed E-state index contributed by atoms with van der Waals surface area (Å²) in [6, 6.07) is 0. The third-order valence-corrected chi connectivity index (χ3v) is 12.0. The van der Waals surface area contributed by atoms with E-state index in [-0.39, 0.29) is 53.6 Å². The molecule has 35 heavy (non-hydrogen) atoms. The Balaban J connectivity index is 1.58. The maximum Gasteiger partial charge on any atom is 0.165 e. The number of rotatable bonds is 6. The van der Waals surface area contributed by atoms with Crippen molar-refractivity contribution in [2.45, 2.75) is 123 Å². The lowest BCUT2D eigenvalue weighted by atomic mass is 9.42. The third kappa shape index (κ3) is 3.96. The number of carbonyl (C=O) groups is 1. The van der Waals surface area contributed by atoms with Gasteiger partial charge in [-0.2, -0.15) is 0 Å². The zero-order valence-electron chi connectivity index (χ0n) is 22.7. The first kappa shape index (κ1) is 27.5. The van der Waals surface area contributed by atoms with Crippen LogP contribution < -0.4 is 0 Å². The van der Waals surface area contributed by atoms with Crippen LogP contribution in [0.4, 0.5) is 0 Å². The molecule has 4 saturated carbocycles. The lowest BCUT2D eigenvalue weighted by Crippen LogP contribution is -2.69. The Morgan fingerprint density at radius 3 is 2.17 bits per heavy atom. The van der Waals surface area contributed by atoms with E-state index in [4.69, 9.17) is 0 Å². The van der Waals surface area contributed by atoms with Gasteiger partial charge in [-0.15, -0.1) is 0 Å². The number of ketones is 1. The number of fused-ring (bicyclic) bond motifs is 5. The van der Waals surface area contributed by atoms with Crippen LogP contribution >= 0.6 is 0 Å². The molecule has 0 aromatic carbocycles. The summed E-state index contributed by atoms with van der Waals surface area (Å²) in [5.74, 6) is 1.01. The minimum atomic E-state index is -1.57. The lowest BCUT2D eigenvalue weighted by molar-refractivity contribution is -0.230. The van der Waals surface area contributed by atoms with Gasteiger partial charge in [0.25, 0.3) is 0 Å². The van der Waals surface area contributed by atoms with E-state index in [1.807, 2.05) is 6.92 Å². The van der Waals surface area contributed by atoms with Gasteiger partial charge in [-0.25, -0.2) is 0 Å². The lowest BCUT2D eigenvalue weighted by Gasteiger charge is -2.63. The molecule has 4 rings (SSSR count). The zero-order valence-corrected chi connectivity index (χ0v) is 22.7. The van der Waals surface area contributed by atoms with Crippen molar-refractivity contribution in [2.24, 2.45) is 52.3 Å². The van der Waals surface area contributed by atoms with Crippen molar-refractivity contribution in [2.75, 3.05) is 0 Å². The highest BCUT2D eigenvalue weighted by atomic mass is 16.3. The normalized spacial score (nSPS) is 49.1. The number of hydrogen-bond acceptors (Lipinski definition) is 6. The maximum atomic E-state index is 13.4. The van der Waals surface area contributed by atoms with Crippen molar-refractivity contribution >= 4 is 5.78 Å². The Morgan fingerprint density at radius 1 is 0.943 bits per heavy atom. The highest BCUT2D eigenvalue weighted by Gasteiger charge is 2.69. The SMILES string of the molecule is CC[C@@H](C(C)C)[C@@H](O)[C@H](O)[C@@H](C)[C@H]1CCC2C3CC(=O)[C@@]4(O)C[C@H](O)[C@@H](O)C[C@]4(C)C3CC[C@@]21C. The van der Waals surface area contributed by atoms with E-state index in [1.54, 1.807) is 0 Å². The monoisotopic (exact) mass is 494 g/mol. The first-order valence-corrected chi connectivity index (χ1v) is 14.2. The Hall–Kier alpha value is -0.530. The molecule has 6 nitrogen and oxygen atoms in total. The molecule has 13 atom stereocenters. The Morgan fingerprint density at radius 2 is 1.57 bits per heavy atom. The van der Waals surface area contributed by atoms with E-state index in [0.29, 0.717) is 18.3 Å². The number of Topliss-reactive ketones (excluding diaryl/α,β-unsaturated/α-hetero) is 1. The highest BCUT2D eigenvalue weighted by molar-refractivity contribution is 5.89. The third-order valence-electron chi connectivity index (χ3n) is 12.0. The summed E-state index contributed by atoms with van der Waals surface area (Å²) in [5, 5.41) is 54.7. The van der Waals surface area contributed by atoms with E-state index in [1.165, 1.54) is 0 Å². The van der Waals surface area contributed by atoms with E-state index in [2.05, 4.69) is 34.6 Å². The van der Waals surface area contributed by atoms with Gasteiger partial charge in [-0.1, -0.05) is 48.0 Å². The van der Waals surface area contributed by atoms with Crippen LogP contribution in [-0.2, 0) is 4.79 Å². The number of aliphatic hydroxyl groups excluding tert-OH is 4. The molecule has 0 aliphatic heterocycles. The summed E-state index contributed by atoms with van der Waals surface area (Å²) in [5.41, 5.74) is -2.34. The smallest absolute Gasteiger partial charge is 0.165 e. The van der Waals surface area contributed by atoms with Crippen molar-refractivity contribution in [3.63, 3.8) is 0 Å². The molecule has 0 radical (unpaired) electrons. The molecule has 3 unspecified atom stereocenters. The Kier molecular flexibility index (Phi) is 7.34. The van der Waals surface area contributed by atoms with Crippen LogP contribution in [0.25, 0.3) is 0 Å². The molecule has 4 aliphatic carbocycles. The molecule has 0 heterocycles. The number of hydrogen-bond donors (Lipinski definition) is 5. The Bertz CT molecular complexity index is 800. The van der Waals surface area contributed by atoms with Crippen molar-refractivity contribution < 1.29 is 30.3 Å². The van der Waals surface area contributed by atoms with Gasteiger partial charge in [0.15, 0.2) is 5.78 Å². The summed E-state index contributed by atoms with van der Waals surface area (Å²) in [7, 11) is 0. The predicted molar refractivity (Wildman–Crippen MR) is 134 cm³/mol. The van der Waals surface area contributed by atoms with Crippen LogP contribution in [0.5, 0.6) is 0 Å². The topological polar surface area (TPSA) is 118 Å². The van der Waals surface area contributed by atoms with Crippen molar-refractivity contribution in [3.8, 4) is 0 Å². The summed E-state index contributed by atoms with van der Waals surface area (Å²) in [6.45, 7) is 12.7. The van der Waals surface area contributed by atoms with Crippen molar-refractivity contribution in [1.29, 1.82) is 0 Å².